The van der Waals surface area contributed by atoms with Crippen LogP contribution < -0.4 is 15.4 Å². The molecule has 6 nitrogen and oxygen atoms in total. The molecule has 2 N–H and O–H groups in total. The summed E-state index contributed by atoms with van der Waals surface area (Å²) in [6.07, 6.45) is 4.59. The van der Waals surface area contributed by atoms with Gasteiger partial charge in [0, 0.05) is 35.5 Å². The summed E-state index contributed by atoms with van der Waals surface area (Å²) in [6.45, 7) is -3.01. The Morgan fingerprint density at radius 2 is 1.57 bits per heavy atom. The third kappa shape index (κ3) is 5.25. The molecule has 28 heavy (non-hydrogen) atoms. The first-order valence-corrected chi connectivity index (χ1v) is 9.10. The van der Waals surface area contributed by atoms with Crippen molar-refractivity contribution in [2.24, 2.45) is 0 Å². The quantitative estimate of drug-likeness (QED) is 0.795. The number of nitrogens with one attached hydrogen (secondary N) is 2. The fourth-order valence-electron chi connectivity index (χ4n) is 3.28. The number of ether oxygens (including phenoxy) is 1. The maximum atomic E-state index is 12.6. The largest absolute Gasteiger partial charge is 0.417 e. The van der Waals surface area contributed by atoms with Gasteiger partial charge in [0.25, 0.3) is 11.8 Å². The minimum Gasteiger partial charge on any atom is -0.417 e. The van der Waals surface area contributed by atoms with E-state index >= 15 is 0 Å². The molecular formula is C20H21F2N3O3. The zero-order valence-corrected chi connectivity index (χ0v) is 15.1. The summed E-state index contributed by atoms with van der Waals surface area (Å²) in [5, 5.41) is 5.89. The molecule has 0 unspecified atom stereocenters. The molecule has 1 aliphatic rings. The molecule has 148 valence electrons. The SMILES string of the molecule is O=C(N[C@@H]1CCCC[C@H]1NC(=O)c1ccnc(OC(F)F)c1)c1ccccc1. The zero-order valence-electron chi connectivity index (χ0n) is 15.1. The first-order chi connectivity index (χ1) is 13.5. The van der Waals surface area contributed by atoms with Crippen molar-refractivity contribution in [2.45, 2.75) is 44.4 Å². The van der Waals surface area contributed by atoms with Gasteiger partial charge in [0.1, 0.15) is 0 Å². The number of carbonyl (C=O) groups excluding carboxylic acids is 2. The van der Waals surface area contributed by atoms with Gasteiger partial charge in [-0.1, -0.05) is 31.0 Å². The van der Waals surface area contributed by atoms with E-state index in [1.165, 1.54) is 18.3 Å². The van der Waals surface area contributed by atoms with Gasteiger partial charge < -0.3 is 15.4 Å². The van der Waals surface area contributed by atoms with Gasteiger partial charge in [-0.2, -0.15) is 8.78 Å². The standard InChI is InChI=1S/C20H21F2N3O3/c21-20(22)28-17-12-14(10-11-23-17)19(27)25-16-9-5-4-8-15(16)24-18(26)13-6-2-1-3-7-13/h1-3,6-7,10-12,15-16,20H,4-5,8-9H2,(H,24,26)(H,25,27)/t15-,16-/m1/s1. The molecule has 0 bridgehead atoms. The minimum absolute atomic E-state index is 0.171. The number of amides is 2. The average Bonchev–Trinajstić information content (AvgIpc) is 2.70. The predicted molar refractivity (Wildman–Crippen MR) is 98.3 cm³/mol. The summed E-state index contributed by atoms with van der Waals surface area (Å²) in [5.74, 6) is -0.934. The van der Waals surface area contributed by atoms with E-state index in [1.807, 2.05) is 6.07 Å². The van der Waals surface area contributed by atoms with Crippen LogP contribution in [0.15, 0.2) is 48.7 Å². The number of rotatable bonds is 6. The van der Waals surface area contributed by atoms with Crippen LogP contribution in [0, 0.1) is 0 Å². The van der Waals surface area contributed by atoms with Crippen molar-refractivity contribution in [1.82, 2.24) is 15.6 Å². The lowest BCUT2D eigenvalue weighted by molar-refractivity contribution is -0.0529. The second-order valence-corrected chi connectivity index (χ2v) is 6.57. The Kier molecular flexibility index (Phi) is 6.52. The average molecular weight is 389 g/mol. The Hall–Kier alpha value is -3.03. The van der Waals surface area contributed by atoms with Crippen molar-refractivity contribution in [3.8, 4) is 5.88 Å². The molecular weight excluding hydrogens is 368 g/mol. The molecule has 1 aliphatic carbocycles. The summed E-state index contributed by atoms with van der Waals surface area (Å²) in [6, 6.07) is 11.0. The van der Waals surface area contributed by atoms with E-state index in [1.54, 1.807) is 24.3 Å². The normalized spacial score (nSPS) is 19.1. The Bertz CT molecular complexity index is 817. The van der Waals surface area contributed by atoms with Gasteiger partial charge in [-0.05, 0) is 31.0 Å². The summed E-state index contributed by atoms with van der Waals surface area (Å²) in [5.41, 5.74) is 0.727. The number of nitrogens with zero attached hydrogens (tertiary/aromatic N) is 1. The van der Waals surface area contributed by atoms with Gasteiger partial charge in [-0.3, -0.25) is 9.59 Å². The summed E-state index contributed by atoms with van der Waals surface area (Å²) < 4.78 is 28.9. The Morgan fingerprint density at radius 1 is 0.964 bits per heavy atom. The molecule has 1 aromatic heterocycles. The fourth-order valence-corrected chi connectivity index (χ4v) is 3.28. The highest BCUT2D eigenvalue weighted by Crippen LogP contribution is 2.20. The zero-order chi connectivity index (χ0) is 19.9. The van der Waals surface area contributed by atoms with Crippen molar-refractivity contribution in [3.63, 3.8) is 0 Å². The van der Waals surface area contributed by atoms with Crippen molar-refractivity contribution in [3.05, 3.63) is 59.8 Å². The highest BCUT2D eigenvalue weighted by molar-refractivity contribution is 5.95. The van der Waals surface area contributed by atoms with Gasteiger partial charge >= 0.3 is 6.61 Å². The Labute approximate surface area is 161 Å². The van der Waals surface area contributed by atoms with Crippen molar-refractivity contribution in [1.29, 1.82) is 0 Å². The third-order valence-electron chi connectivity index (χ3n) is 4.64. The second-order valence-electron chi connectivity index (χ2n) is 6.57. The first kappa shape index (κ1) is 19.7. The van der Waals surface area contributed by atoms with Crippen LogP contribution in [0.5, 0.6) is 5.88 Å². The van der Waals surface area contributed by atoms with Crippen LogP contribution in [0.2, 0.25) is 0 Å². The minimum atomic E-state index is -3.01. The maximum absolute atomic E-state index is 12.6. The molecule has 1 saturated carbocycles. The van der Waals surface area contributed by atoms with E-state index in [0.717, 1.165) is 25.7 Å². The van der Waals surface area contributed by atoms with Crippen molar-refractivity contribution >= 4 is 11.8 Å². The topological polar surface area (TPSA) is 80.3 Å². The van der Waals surface area contributed by atoms with Crippen LogP contribution in [-0.4, -0.2) is 35.5 Å². The summed E-state index contributed by atoms with van der Waals surface area (Å²) >= 11 is 0. The molecule has 3 rings (SSSR count). The predicted octanol–water partition coefficient (Wildman–Crippen LogP) is 3.15. The first-order valence-electron chi connectivity index (χ1n) is 9.10. The lowest BCUT2D eigenvalue weighted by Crippen LogP contribution is -2.53. The van der Waals surface area contributed by atoms with Crippen LogP contribution in [0.25, 0.3) is 0 Å². The fraction of sp³-hybridized carbons (Fsp3) is 0.350. The Morgan fingerprint density at radius 3 is 2.18 bits per heavy atom. The number of hydrogen-bond donors (Lipinski definition) is 2. The number of aromatic nitrogens is 1. The summed E-state index contributed by atoms with van der Waals surface area (Å²) in [7, 11) is 0. The van der Waals surface area contributed by atoms with Crippen LogP contribution in [0.1, 0.15) is 46.4 Å². The van der Waals surface area contributed by atoms with Gasteiger partial charge in [-0.15, -0.1) is 0 Å². The van der Waals surface area contributed by atoms with Crippen LogP contribution in [0.4, 0.5) is 8.78 Å². The monoisotopic (exact) mass is 389 g/mol. The molecule has 1 fully saturated rings. The van der Waals surface area contributed by atoms with Crippen LogP contribution in [0.3, 0.4) is 0 Å². The molecule has 0 spiro atoms. The second kappa shape index (κ2) is 9.25. The van der Waals surface area contributed by atoms with E-state index in [4.69, 9.17) is 0 Å². The van der Waals surface area contributed by atoms with E-state index in [2.05, 4.69) is 20.4 Å². The number of pyridine rings is 1. The maximum Gasteiger partial charge on any atom is 0.388 e. The number of alkyl halides is 2. The summed E-state index contributed by atoms with van der Waals surface area (Å²) in [4.78, 5) is 28.7. The molecule has 2 atom stereocenters. The number of benzene rings is 1. The molecule has 8 heteroatoms. The lowest BCUT2D eigenvalue weighted by Gasteiger charge is -2.32. The third-order valence-corrected chi connectivity index (χ3v) is 4.64. The molecule has 2 aromatic rings. The van der Waals surface area contributed by atoms with Crippen molar-refractivity contribution < 1.29 is 23.1 Å². The highest BCUT2D eigenvalue weighted by atomic mass is 19.3. The lowest BCUT2D eigenvalue weighted by atomic mass is 9.89. The highest BCUT2D eigenvalue weighted by Gasteiger charge is 2.28. The van der Waals surface area contributed by atoms with Crippen LogP contribution >= 0.6 is 0 Å². The molecule has 2 amide bonds. The molecule has 0 saturated heterocycles. The van der Waals surface area contributed by atoms with Gasteiger partial charge in [0.15, 0.2) is 0 Å². The number of halogens is 2. The van der Waals surface area contributed by atoms with Crippen molar-refractivity contribution in [2.75, 3.05) is 0 Å². The molecule has 1 aromatic carbocycles. The number of hydrogen-bond acceptors (Lipinski definition) is 4. The van der Waals surface area contributed by atoms with Gasteiger partial charge in [0.05, 0.1) is 0 Å². The van der Waals surface area contributed by atoms with Gasteiger partial charge in [0.2, 0.25) is 5.88 Å². The van der Waals surface area contributed by atoms with E-state index < -0.39 is 12.5 Å². The van der Waals surface area contributed by atoms with Gasteiger partial charge in [-0.25, -0.2) is 4.98 Å². The number of carbonyl (C=O) groups is 2. The van der Waals surface area contributed by atoms with Crippen LogP contribution in [-0.2, 0) is 0 Å². The Balaban J connectivity index is 1.65. The van der Waals surface area contributed by atoms with E-state index in [9.17, 15) is 18.4 Å². The van der Waals surface area contributed by atoms with E-state index in [0.29, 0.717) is 5.56 Å². The van der Waals surface area contributed by atoms with E-state index in [-0.39, 0.29) is 29.4 Å². The smallest absolute Gasteiger partial charge is 0.388 e. The molecule has 0 radical (unpaired) electrons. The molecule has 0 aliphatic heterocycles. The molecule has 1 heterocycles.